The van der Waals surface area contributed by atoms with Gasteiger partial charge < -0.3 is 5.32 Å². The maximum absolute atomic E-state index is 3.96. The van der Waals surface area contributed by atoms with Crippen molar-refractivity contribution in [1.82, 2.24) is 10.2 Å². The van der Waals surface area contributed by atoms with Gasteiger partial charge in [0.1, 0.15) is 0 Å². The van der Waals surface area contributed by atoms with Crippen LogP contribution in [0.2, 0.25) is 0 Å². The summed E-state index contributed by atoms with van der Waals surface area (Å²) in [6.45, 7) is 6.02. The van der Waals surface area contributed by atoms with Crippen molar-refractivity contribution < 1.29 is 0 Å². The van der Waals surface area contributed by atoms with Gasteiger partial charge in [-0.15, -0.1) is 0 Å². The van der Waals surface area contributed by atoms with Crippen LogP contribution in [0.5, 0.6) is 0 Å². The predicted molar refractivity (Wildman–Crippen MR) is 76.7 cm³/mol. The van der Waals surface area contributed by atoms with Crippen molar-refractivity contribution in [3.63, 3.8) is 0 Å². The van der Waals surface area contributed by atoms with Crippen molar-refractivity contribution in [2.45, 2.75) is 64.0 Å². The van der Waals surface area contributed by atoms with Crippen molar-refractivity contribution in [2.24, 2.45) is 5.92 Å². The number of hydrogen-bond acceptors (Lipinski definition) is 2. The number of nitrogens with zero attached hydrogens (tertiary/aromatic N) is 1. The number of rotatable bonds is 2. The highest BCUT2D eigenvalue weighted by Crippen LogP contribution is 2.32. The first-order valence-corrected chi connectivity index (χ1v) is 7.95. The van der Waals surface area contributed by atoms with Crippen LogP contribution in [0.1, 0.15) is 51.9 Å². The number of fused-ring (bicyclic) bond motifs is 1. The van der Waals surface area contributed by atoms with Crippen LogP contribution in [-0.2, 0) is 0 Å². The Hall–Kier alpha value is -0.340. The number of hydrogen-bond donors (Lipinski definition) is 1. The zero-order valence-electron chi connectivity index (χ0n) is 11.8. The van der Waals surface area contributed by atoms with Gasteiger partial charge in [0, 0.05) is 31.7 Å². The van der Waals surface area contributed by atoms with Gasteiger partial charge in [0.2, 0.25) is 0 Å². The molecule has 3 aliphatic rings. The molecule has 2 heteroatoms. The summed E-state index contributed by atoms with van der Waals surface area (Å²) in [7, 11) is 0. The summed E-state index contributed by atoms with van der Waals surface area (Å²) < 4.78 is 0. The molecule has 0 aromatic heterocycles. The monoisotopic (exact) mass is 248 g/mol. The van der Waals surface area contributed by atoms with Crippen LogP contribution in [-0.4, -0.2) is 36.6 Å². The Labute approximate surface area is 112 Å². The van der Waals surface area contributed by atoms with Crippen LogP contribution in [0.15, 0.2) is 11.6 Å². The maximum atomic E-state index is 3.96. The number of nitrogens with one attached hydrogen (secondary N) is 1. The van der Waals surface area contributed by atoms with E-state index in [1.54, 1.807) is 5.57 Å². The molecule has 0 aromatic carbocycles. The molecule has 18 heavy (non-hydrogen) atoms. The average Bonchev–Trinajstić information content (AvgIpc) is 2.39. The van der Waals surface area contributed by atoms with E-state index in [1.807, 2.05) is 0 Å². The Bertz CT molecular complexity index is 310. The highest BCUT2D eigenvalue weighted by Gasteiger charge is 2.32. The summed E-state index contributed by atoms with van der Waals surface area (Å²) >= 11 is 0. The largest absolute Gasteiger partial charge is 0.310 e. The van der Waals surface area contributed by atoms with Gasteiger partial charge in [0.15, 0.2) is 0 Å². The zero-order valence-corrected chi connectivity index (χ0v) is 11.8. The van der Waals surface area contributed by atoms with Gasteiger partial charge in [0.25, 0.3) is 0 Å². The van der Waals surface area contributed by atoms with Gasteiger partial charge in [-0.1, -0.05) is 24.5 Å². The third kappa shape index (κ3) is 2.97. The van der Waals surface area contributed by atoms with Gasteiger partial charge in [-0.2, -0.15) is 0 Å². The van der Waals surface area contributed by atoms with Crippen LogP contribution in [0.3, 0.4) is 0 Å². The molecule has 0 spiro atoms. The first-order valence-electron chi connectivity index (χ1n) is 7.95. The lowest BCUT2D eigenvalue weighted by molar-refractivity contribution is 0.146. The minimum atomic E-state index is 0.759. The van der Waals surface area contributed by atoms with Crippen molar-refractivity contribution in [3.05, 3.63) is 11.6 Å². The van der Waals surface area contributed by atoms with E-state index in [0.29, 0.717) is 0 Å². The molecule has 2 heterocycles. The second-order valence-corrected chi connectivity index (χ2v) is 6.67. The van der Waals surface area contributed by atoms with E-state index >= 15 is 0 Å². The van der Waals surface area contributed by atoms with Gasteiger partial charge in [-0.25, -0.2) is 0 Å². The average molecular weight is 248 g/mol. The smallest absolute Gasteiger partial charge is 0.0197 e. The predicted octanol–water partition coefficient (Wildman–Crippen LogP) is 2.95. The minimum Gasteiger partial charge on any atom is -0.310 e. The number of piperidine rings is 1. The molecule has 2 nitrogen and oxygen atoms in total. The Morgan fingerprint density at radius 3 is 3.00 bits per heavy atom. The SMILES string of the molecule is CC1=CCCN(CC2CCC3CCCCC3N2)C1. The fourth-order valence-corrected chi connectivity index (χ4v) is 4.18. The van der Waals surface area contributed by atoms with Gasteiger partial charge in [0.05, 0.1) is 0 Å². The molecule has 0 aromatic rings. The molecule has 0 radical (unpaired) electrons. The molecule has 3 rings (SSSR count). The van der Waals surface area contributed by atoms with Gasteiger partial charge in [-0.05, 0) is 44.9 Å². The Balaban J connectivity index is 1.50. The molecule has 0 bridgehead atoms. The molecular formula is C16H28N2. The van der Waals surface area contributed by atoms with Crippen LogP contribution < -0.4 is 5.32 Å². The van der Waals surface area contributed by atoms with E-state index in [9.17, 15) is 0 Å². The zero-order chi connectivity index (χ0) is 12.4. The first kappa shape index (κ1) is 12.7. The van der Waals surface area contributed by atoms with E-state index in [4.69, 9.17) is 0 Å². The molecule has 1 saturated heterocycles. The normalized spacial score (nSPS) is 38.1. The van der Waals surface area contributed by atoms with Crippen LogP contribution in [0.25, 0.3) is 0 Å². The minimum absolute atomic E-state index is 0.759. The highest BCUT2D eigenvalue weighted by molar-refractivity contribution is 5.05. The fraction of sp³-hybridized carbons (Fsp3) is 0.875. The van der Waals surface area contributed by atoms with Gasteiger partial charge >= 0.3 is 0 Å². The standard InChI is InChI=1S/C16H28N2/c1-13-5-4-10-18(11-13)12-15-9-8-14-6-2-3-7-16(14)17-15/h5,14-17H,2-4,6-12H2,1H3. The molecule has 2 aliphatic heterocycles. The third-order valence-electron chi connectivity index (χ3n) is 5.13. The van der Waals surface area contributed by atoms with Crippen molar-refractivity contribution in [2.75, 3.05) is 19.6 Å². The quantitative estimate of drug-likeness (QED) is 0.756. The van der Waals surface area contributed by atoms with Crippen molar-refractivity contribution in [1.29, 1.82) is 0 Å². The lowest BCUT2D eigenvalue weighted by atomic mass is 9.77. The highest BCUT2D eigenvalue weighted by atomic mass is 15.2. The van der Waals surface area contributed by atoms with E-state index in [-0.39, 0.29) is 0 Å². The van der Waals surface area contributed by atoms with Gasteiger partial charge in [-0.3, -0.25) is 4.90 Å². The van der Waals surface area contributed by atoms with E-state index in [1.165, 1.54) is 64.6 Å². The molecule has 102 valence electrons. The van der Waals surface area contributed by atoms with Crippen molar-refractivity contribution >= 4 is 0 Å². The summed E-state index contributed by atoms with van der Waals surface area (Å²) in [4.78, 5) is 2.65. The molecule has 3 atom stereocenters. The molecule has 3 unspecified atom stereocenters. The molecule has 1 N–H and O–H groups in total. The van der Waals surface area contributed by atoms with E-state index in [0.717, 1.165) is 18.0 Å². The second-order valence-electron chi connectivity index (χ2n) is 6.67. The third-order valence-corrected chi connectivity index (χ3v) is 5.13. The Morgan fingerprint density at radius 1 is 1.22 bits per heavy atom. The fourth-order valence-electron chi connectivity index (χ4n) is 4.18. The lowest BCUT2D eigenvalue weighted by Gasteiger charge is -2.42. The summed E-state index contributed by atoms with van der Waals surface area (Å²) in [6.07, 6.45) is 12.4. The Kier molecular flexibility index (Phi) is 4.05. The lowest BCUT2D eigenvalue weighted by Crippen LogP contribution is -2.53. The second kappa shape index (κ2) is 5.75. The summed E-state index contributed by atoms with van der Waals surface area (Å²) in [5.74, 6) is 0.998. The summed E-state index contributed by atoms with van der Waals surface area (Å²) in [5.41, 5.74) is 1.56. The first-order chi connectivity index (χ1) is 8.81. The van der Waals surface area contributed by atoms with Crippen LogP contribution in [0.4, 0.5) is 0 Å². The van der Waals surface area contributed by atoms with Crippen LogP contribution in [0, 0.1) is 5.92 Å². The van der Waals surface area contributed by atoms with E-state index < -0.39 is 0 Å². The molecule has 0 amide bonds. The summed E-state index contributed by atoms with van der Waals surface area (Å²) in [6, 6.07) is 1.61. The van der Waals surface area contributed by atoms with Crippen molar-refractivity contribution in [3.8, 4) is 0 Å². The van der Waals surface area contributed by atoms with Crippen LogP contribution >= 0.6 is 0 Å². The maximum Gasteiger partial charge on any atom is 0.0197 e. The topological polar surface area (TPSA) is 15.3 Å². The summed E-state index contributed by atoms with van der Waals surface area (Å²) in [5, 5.41) is 3.96. The Morgan fingerprint density at radius 2 is 2.11 bits per heavy atom. The molecule has 1 aliphatic carbocycles. The van der Waals surface area contributed by atoms with E-state index in [2.05, 4.69) is 23.2 Å². The molecule has 2 fully saturated rings. The molecular weight excluding hydrogens is 220 g/mol. The molecule has 1 saturated carbocycles.